The summed E-state index contributed by atoms with van der Waals surface area (Å²) < 4.78 is 0. The van der Waals surface area contributed by atoms with Crippen LogP contribution in [0.4, 0.5) is 5.82 Å². The Labute approximate surface area is 162 Å². The maximum Gasteiger partial charge on any atom is 0.327 e. The second kappa shape index (κ2) is 7.76. The average Bonchev–Trinajstić information content (AvgIpc) is 2.71. The molecule has 0 bridgehead atoms. The van der Waals surface area contributed by atoms with E-state index in [4.69, 9.17) is 0 Å². The van der Waals surface area contributed by atoms with Gasteiger partial charge in [-0.05, 0) is 42.0 Å². The van der Waals surface area contributed by atoms with Gasteiger partial charge >= 0.3 is 5.69 Å². The first-order valence-electron chi connectivity index (χ1n) is 9.53. The van der Waals surface area contributed by atoms with E-state index in [1.807, 2.05) is 12.1 Å². The Balaban J connectivity index is 1.59. The number of phenols is 1. The molecule has 2 aromatic carbocycles. The zero-order chi connectivity index (χ0) is 19.5. The summed E-state index contributed by atoms with van der Waals surface area (Å²) in [5.74, 6) is 1.23. The van der Waals surface area contributed by atoms with Gasteiger partial charge in [-0.25, -0.2) is 4.79 Å². The first-order valence-corrected chi connectivity index (χ1v) is 9.53. The van der Waals surface area contributed by atoms with Crippen molar-refractivity contribution >= 4 is 5.82 Å². The van der Waals surface area contributed by atoms with Gasteiger partial charge in [-0.2, -0.15) is 0 Å². The molecule has 28 heavy (non-hydrogen) atoms. The summed E-state index contributed by atoms with van der Waals surface area (Å²) in [5, 5.41) is 9.71. The number of nitrogens with zero attached hydrogens (tertiary/aromatic N) is 1. The van der Waals surface area contributed by atoms with Gasteiger partial charge in [0.15, 0.2) is 0 Å². The number of aromatic hydroxyl groups is 1. The topological polar surface area (TPSA) is 89.2 Å². The van der Waals surface area contributed by atoms with Gasteiger partial charge in [-0.3, -0.25) is 14.8 Å². The lowest BCUT2D eigenvalue weighted by Gasteiger charge is -2.34. The number of H-pyrrole nitrogens is 2. The van der Waals surface area contributed by atoms with Crippen LogP contribution in [0.25, 0.3) is 0 Å². The highest BCUT2D eigenvalue weighted by atomic mass is 16.3. The number of aromatic amines is 2. The predicted molar refractivity (Wildman–Crippen MR) is 109 cm³/mol. The first kappa shape index (κ1) is 18.1. The van der Waals surface area contributed by atoms with E-state index in [9.17, 15) is 14.7 Å². The van der Waals surface area contributed by atoms with Crippen molar-refractivity contribution in [2.45, 2.75) is 25.2 Å². The largest absolute Gasteiger partial charge is 0.508 e. The highest BCUT2D eigenvalue weighted by molar-refractivity contribution is 5.48. The van der Waals surface area contributed by atoms with Crippen LogP contribution in [0.5, 0.6) is 5.75 Å². The third-order valence-electron chi connectivity index (χ3n) is 5.39. The molecule has 1 aliphatic heterocycles. The number of nitrogens with one attached hydrogen (secondary N) is 2. The van der Waals surface area contributed by atoms with Crippen molar-refractivity contribution in [3.63, 3.8) is 0 Å². The Morgan fingerprint density at radius 3 is 2.43 bits per heavy atom. The molecule has 1 aromatic heterocycles. The highest BCUT2D eigenvalue weighted by Gasteiger charge is 2.24. The summed E-state index contributed by atoms with van der Waals surface area (Å²) in [5.41, 5.74) is 1.79. The molecule has 0 aliphatic carbocycles. The van der Waals surface area contributed by atoms with Crippen molar-refractivity contribution in [1.29, 1.82) is 0 Å². The smallest absolute Gasteiger partial charge is 0.327 e. The van der Waals surface area contributed by atoms with E-state index in [0.29, 0.717) is 23.7 Å². The van der Waals surface area contributed by atoms with Crippen LogP contribution in [0.3, 0.4) is 0 Å². The maximum atomic E-state index is 12.5. The minimum absolute atomic E-state index is 0.156. The Morgan fingerprint density at radius 2 is 1.71 bits per heavy atom. The normalized spacial score (nSPS) is 14.9. The van der Waals surface area contributed by atoms with Crippen LogP contribution in [0.1, 0.15) is 35.4 Å². The lowest BCUT2D eigenvalue weighted by Crippen LogP contribution is -2.38. The van der Waals surface area contributed by atoms with Gasteiger partial charge in [0.05, 0.1) is 5.56 Å². The fourth-order valence-corrected chi connectivity index (χ4v) is 3.97. The SMILES string of the molecule is O=c1[nH]c(N2CCC(c3ccccc3)CC2)c(Cc2cccc(O)c2)c(=O)[nH]1. The minimum Gasteiger partial charge on any atom is -0.508 e. The van der Waals surface area contributed by atoms with Crippen LogP contribution < -0.4 is 16.1 Å². The van der Waals surface area contributed by atoms with E-state index in [2.05, 4.69) is 39.1 Å². The first-order chi connectivity index (χ1) is 13.6. The number of phenolic OH excluding ortho intramolecular Hbond substituents is 1. The number of hydrogen-bond acceptors (Lipinski definition) is 4. The molecule has 1 saturated heterocycles. The molecule has 0 unspecified atom stereocenters. The molecular formula is C22H23N3O3. The van der Waals surface area contributed by atoms with Gasteiger partial charge in [-0.15, -0.1) is 0 Å². The fraction of sp³-hybridized carbons (Fsp3) is 0.273. The summed E-state index contributed by atoms with van der Waals surface area (Å²) in [4.78, 5) is 31.7. The van der Waals surface area contributed by atoms with Crippen LogP contribution in [-0.4, -0.2) is 28.2 Å². The van der Waals surface area contributed by atoms with Gasteiger partial charge in [0.2, 0.25) is 0 Å². The van der Waals surface area contributed by atoms with E-state index in [1.54, 1.807) is 18.2 Å². The van der Waals surface area contributed by atoms with Crippen molar-refractivity contribution in [3.05, 3.63) is 92.1 Å². The van der Waals surface area contributed by atoms with Crippen molar-refractivity contribution < 1.29 is 5.11 Å². The van der Waals surface area contributed by atoms with E-state index in [1.165, 1.54) is 5.56 Å². The van der Waals surface area contributed by atoms with E-state index in [0.717, 1.165) is 31.5 Å². The molecule has 144 valence electrons. The summed E-state index contributed by atoms with van der Waals surface area (Å²) in [6, 6.07) is 17.3. The van der Waals surface area contributed by atoms with Crippen molar-refractivity contribution in [3.8, 4) is 5.75 Å². The molecule has 0 saturated carbocycles. The molecule has 0 spiro atoms. The Kier molecular flexibility index (Phi) is 5.02. The van der Waals surface area contributed by atoms with Crippen LogP contribution in [-0.2, 0) is 6.42 Å². The lowest BCUT2D eigenvalue weighted by atomic mass is 9.89. The van der Waals surface area contributed by atoms with Crippen molar-refractivity contribution in [2.75, 3.05) is 18.0 Å². The fourth-order valence-electron chi connectivity index (χ4n) is 3.97. The number of rotatable bonds is 4. The van der Waals surface area contributed by atoms with Gasteiger partial charge in [0.25, 0.3) is 5.56 Å². The second-order valence-electron chi connectivity index (χ2n) is 7.25. The predicted octanol–water partition coefficient (Wildman–Crippen LogP) is 2.74. The quantitative estimate of drug-likeness (QED) is 0.652. The van der Waals surface area contributed by atoms with Gasteiger partial charge in [0.1, 0.15) is 11.6 Å². The Morgan fingerprint density at radius 1 is 0.964 bits per heavy atom. The van der Waals surface area contributed by atoms with Gasteiger partial charge in [-0.1, -0.05) is 42.5 Å². The van der Waals surface area contributed by atoms with E-state index < -0.39 is 5.69 Å². The maximum absolute atomic E-state index is 12.5. The summed E-state index contributed by atoms with van der Waals surface area (Å²) >= 11 is 0. The molecule has 6 heteroatoms. The second-order valence-corrected chi connectivity index (χ2v) is 7.25. The molecule has 4 rings (SSSR count). The van der Waals surface area contributed by atoms with Gasteiger partial charge < -0.3 is 10.0 Å². The molecule has 6 nitrogen and oxygen atoms in total. The summed E-state index contributed by atoms with van der Waals surface area (Å²) in [6.07, 6.45) is 2.27. The van der Waals surface area contributed by atoms with Crippen LogP contribution in [0.15, 0.2) is 64.2 Å². The average molecular weight is 377 g/mol. The monoisotopic (exact) mass is 377 g/mol. The molecule has 2 heterocycles. The van der Waals surface area contributed by atoms with Crippen molar-refractivity contribution in [2.24, 2.45) is 0 Å². The van der Waals surface area contributed by atoms with E-state index >= 15 is 0 Å². The zero-order valence-electron chi connectivity index (χ0n) is 15.5. The third kappa shape index (κ3) is 3.86. The Hall–Kier alpha value is -3.28. The third-order valence-corrected chi connectivity index (χ3v) is 5.39. The van der Waals surface area contributed by atoms with E-state index in [-0.39, 0.29) is 11.3 Å². The summed E-state index contributed by atoms with van der Waals surface area (Å²) in [7, 11) is 0. The molecule has 0 amide bonds. The Bertz CT molecular complexity index is 1060. The minimum atomic E-state index is -0.496. The number of hydrogen-bond donors (Lipinski definition) is 3. The van der Waals surface area contributed by atoms with Crippen LogP contribution >= 0.6 is 0 Å². The molecule has 1 aliphatic rings. The lowest BCUT2D eigenvalue weighted by molar-refractivity contribution is 0.474. The molecule has 1 fully saturated rings. The standard InChI is InChI=1S/C22H23N3O3/c26-18-8-4-5-15(13-18)14-19-20(23-22(28)24-21(19)27)25-11-9-17(10-12-25)16-6-2-1-3-7-16/h1-8,13,17,26H,9-12,14H2,(H2,23,24,27,28). The molecule has 3 N–H and O–H groups in total. The molecular weight excluding hydrogens is 354 g/mol. The van der Waals surface area contributed by atoms with Crippen LogP contribution in [0, 0.1) is 0 Å². The highest BCUT2D eigenvalue weighted by Crippen LogP contribution is 2.30. The number of piperidine rings is 1. The van der Waals surface area contributed by atoms with Gasteiger partial charge in [0, 0.05) is 19.5 Å². The number of anilines is 1. The van der Waals surface area contributed by atoms with Crippen LogP contribution in [0.2, 0.25) is 0 Å². The number of aromatic nitrogens is 2. The molecule has 3 aromatic rings. The molecule has 0 atom stereocenters. The summed E-state index contributed by atoms with van der Waals surface area (Å²) in [6.45, 7) is 1.54. The number of benzene rings is 2. The molecule has 0 radical (unpaired) electrons. The van der Waals surface area contributed by atoms with Crippen molar-refractivity contribution in [1.82, 2.24) is 9.97 Å². The zero-order valence-corrected chi connectivity index (χ0v) is 15.5.